The van der Waals surface area contributed by atoms with Gasteiger partial charge in [-0.2, -0.15) is 4.98 Å². The molecule has 0 saturated carbocycles. The van der Waals surface area contributed by atoms with Crippen LogP contribution in [0.5, 0.6) is 5.75 Å². The Morgan fingerprint density at radius 3 is 2.92 bits per heavy atom. The van der Waals surface area contributed by atoms with Crippen molar-refractivity contribution in [3.05, 3.63) is 41.1 Å². The van der Waals surface area contributed by atoms with Crippen LogP contribution in [0.1, 0.15) is 23.2 Å². The van der Waals surface area contributed by atoms with E-state index in [4.69, 9.17) is 5.73 Å². The van der Waals surface area contributed by atoms with Gasteiger partial charge in [-0.3, -0.25) is 0 Å². The fourth-order valence-corrected chi connectivity index (χ4v) is 3.47. The first-order valence-corrected chi connectivity index (χ1v) is 8.05. The molecule has 0 aliphatic carbocycles. The third kappa shape index (κ3) is 2.63. The van der Waals surface area contributed by atoms with Crippen LogP contribution in [0.25, 0.3) is 0 Å². The molecule has 0 unspecified atom stereocenters. The molecule has 2 aliphatic heterocycles. The van der Waals surface area contributed by atoms with Crippen molar-refractivity contribution in [3.63, 3.8) is 0 Å². The van der Waals surface area contributed by atoms with E-state index in [-0.39, 0.29) is 11.7 Å². The van der Waals surface area contributed by atoms with Crippen molar-refractivity contribution in [1.82, 2.24) is 15.3 Å². The molecule has 4 N–H and O–H groups in total. The number of phenols is 1. The lowest BCUT2D eigenvalue weighted by Crippen LogP contribution is -2.44. The number of hydrogen-bond acceptors (Lipinski definition) is 6. The van der Waals surface area contributed by atoms with Crippen molar-refractivity contribution in [2.45, 2.75) is 25.4 Å². The van der Waals surface area contributed by atoms with Gasteiger partial charge < -0.3 is 21.1 Å². The second-order valence-electron chi connectivity index (χ2n) is 6.31. The molecule has 6 nitrogen and oxygen atoms in total. The van der Waals surface area contributed by atoms with Crippen LogP contribution < -0.4 is 16.0 Å². The van der Waals surface area contributed by atoms with Gasteiger partial charge >= 0.3 is 0 Å². The minimum atomic E-state index is 0.204. The molecule has 122 valence electrons. The fourth-order valence-electron chi connectivity index (χ4n) is 3.47. The quantitative estimate of drug-likeness (QED) is 0.680. The van der Waals surface area contributed by atoms with Gasteiger partial charge in [0.05, 0.1) is 11.3 Å². The molecule has 2 aliphatic rings. The van der Waals surface area contributed by atoms with Crippen LogP contribution >= 0.6 is 0 Å². The number of anilines is 2. The molecule has 4 rings (SSSR count). The Morgan fingerprint density at radius 2 is 2.21 bits per heavy atom. The summed E-state index contributed by atoms with van der Waals surface area (Å²) < 4.78 is 0. The minimum Gasteiger partial charge on any atom is -0.508 e. The van der Waals surface area contributed by atoms with Gasteiger partial charge in [0, 0.05) is 30.7 Å². The Hall–Kier alpha value is -2.78. The molecule has 24 heavy (non-hydrogen) atoms. The number of nitrogens with one attached hydrogen (secondary N) is 1. The maximum Gasteiger partial charge on any atom is 0.222 e. The molecule has 2 aromatic rings. The highest BCUT2D eigenvalue weighted by atomic mass is 16.3. The summed E-state index contributed by atoms with van der Waals surface area (Å²) in [5.74, 6) is 7.59. The van der Waals surface area contributed by atoms with Crippen LogP contribution in [-0.4, -0.2) is 40.2 Å². The summed E-state index contributed by atoms with van der Waals surface area (Å²) in [7, 11) is 0. The molecule has 0 spiro atoms. The van der Waals surface area contributed by atoms with E-state index in [0.717, 1.165) is 42.1 Å². The average Bonchev–Trinajstić information content (AvgIpc) is 3.16. The van der Waals surface area contributed by atoms with Crippen molar-refractivity contribution in [3.8, 4) is 17.6 Å². The van der Waals surface area contributed by atoms with Gasteiger partial charge in [-0.1, -0.05) is 17.9 Å². The number of rotatable bonds is 1. The Labute approximate surface area is 140 Å². The Morgan fingerprint density at radius 1 is 1.33 bits per heavy atom. The van der Waals surface area contributed by atoms with Gasteiger partial charge in [-0.15, -0.1) is 0 Å². The zero-order chi connectivity index (χ0) is 16.7. The van der Waals surface area contributed by atoms with E-state index in [2.05, 4.69) is 32.0 Å². The van der Waals surface area contributed by atoms with E-state index >= 15 is 0 Å². The highest BCUT2D eigenvalue weighted by Gasteiger charge is 2.39. The predicted molar refractivity (Wildman–Crippen MR) is 92.8 cm³/mol. The summed E-state index contributed by atoms with van der Waals surface area (Å²) in [6.45, 7) is 3.79. The maximum atomic E-state index is 9.58. The number of aromatic hydroxyl groups is 1. The first-order chi connectivity index (χ1) is 11.6. The number of nitrogens with two attached hydrogens (primary N) is 1. The monoisotopic (exact) mass is 321 g/mol. The van der Waals surface area contributed by atoms with Crippen molar-refractivity contribution < 1.29 is 5.11 Å². The number of piperazine rings is 1. The Kier molecular flexibility index (Phi) is 3.51. The lowest BCUT2D eigenvalue weighted by Gasteiger charge is -2.29. The Balaban J connectivity index is 1.75. The van der Waals surface area contributed by atoms with Crippen LogP contribution in [0.15, 0.2) is 24.3 Å². The smallest absolute Gasteiger partial charge is 0.222 e. The number of nitrogens with zero attached hydrogens (tertiary/aromatic N) is 3. The van der Waals surface area contributed by atoms with E-state index in [9.17, 15) is 5.11 Å². The maximum absolute atomic E-state index is 9.58. The van der Waals surface area contributed by atoms with E-state index in [1.54, 1.807) is 18.2 Å². The van der Waals surface area contributed by atoms with Gasteiger partial charge in [0.15, 0.2) is 5.82 Å². The molecule has 6 heteroatoms. The van der Waals surface area contributed by atoms with Crippen LogP contribution in [0.2, 0.25) is 0 Å². The third-order valence-corrected chi connectivity index (χ3v) is 4.59. The molecule has 2 fully saturated rings. The van der Waals surface area contributed by atoms with Crippen molar-refractivity contribution in [2.75, 3.05) is 23.7 Å². The molecule has 1 aromatic heterocycles. The van der Waals surface area contributed by atoms with Gasteiger partial charge in [0.25, 0.3) is 0 Å². The standard InChI is InChI=1S/C18H19N5O/c1-11-16(6-5-12-3-2-4-15(24)7-12)17(22-18(19)21-11)23-10-13-8-14(23)9-20-13/h2-4,7,13-14,20,24H,8-10H2,1H3,(H2,19,21,22)/t13-,14-/m0/s1. The molecule has 2 bridgehead atoms. The molecular formula is C18H19N5O. The summed E-state index contributed by atoms with van der Waals surface area (Å²) in [6, 6.07) is 7.85. The second kappa shape index (κ2) is 5.69. The topological polar surface area (TPSA) is 87.3 Å². The van der Waals surface area contributed by atoms with Gasteiger partial charge in [-0.05, 0) is 31.5 Å². The van der Waals surface area contributed by atoms with E-state index in [1.165, 1.54) is 0 Å². The number of phenolic OH excluding ortho intramolecular Hbond substituents is 1. The molecule has 2 atom stereocenters. The molecule has 2 saturated heterocycles. The second-order valence-corrected chi connectivity index (χ2v) is 6.31. The highest BCUT2D eigenvalue weighted by Crippen LogP contribution is 2.31. The van der Waals surface area contributed by atoms with E-state index in [1.807, 2.05) is 13.0 Å². The normalized spacial score (nSPS) is 21.6. The first kappa shape index (κ1) is 14.8. The van der Waals surface area contributed by atoms with E-state index < -0.39 is 0 Å². The average molecular weight is 321 g/mol. The van der Waals surface area contributed by atoms with Crippen molar-refractivity contribution in [1.29, 1.82) is 0 Å². The molecule has 1 aromatic carbocycles. The Bertz CT molecular complexity index is 854. The number of nitrogen functional groups attached to an aromatic ring is 1. The highest BCUT2D eigenvalue weighted by molar-refractivity contribution is 5.62. The molecule has 0 radical (unpaired) electrons. The van der Waals surface area contributed by atoms with Gasteiger partial charge in [-0.25, -0.2) is 4.98 Å². The zero-order valence-electron chi connectivity index (χ0n) is 13.5. The fraction of sp³-hybridized carbons (Fsp3) is 0.333. The summed E-state index contributed by atoms with van der Waals surface area (Å²) >= 11 is 0. The van der Waals surface area contributed by atoms with Crippen LogP contribution in [-0.2, 0) is 0 Å². The number of aryl methyl sites for hydroxylation is 1. The molecule has 0 amide bonds. The predicted octanol–water partition coefficient (Wildman–Crippen LogP) is 1.02. The van der Waals surface area contributed by atoms with E-state index in [0.29, 0.717) is 12.1 Å². The van der Waals surface area contributed by atoms with Crippen molar-refractivity contribution >= 4 is 11.8 Å². The summed E-state index contributed by atoms with van der Waals surface area (Å²) in [5, 5.41) is 13.1. The number of fused-ring (bicyclic) bond motifs is 2. The summed E-state index contributed by atoms with van der Waals surface area (Å²) in [6.07, 6.45) is 1.13. The lowest BCUT2D eigenvalue weighted by atomic mass is 10.1. The summed E-state index contributed by atoms with van der Waals surface area (Å²) in [4.78, 5) is 11.0. The minimum absolute atomic E-state index is 0.204. The zero-order valence-corrected chi connectivity index (χ0v) is 13.5. The number of benzene rings is 1. The van der Waals surface area contributed by atoms with Crippen molar-refractivity contribution in [2.24, 2.45) is 0 Å². The number of hydrogen-bond donors (Lipinski definition) is 3. The lowest BCUT2D eigenvalue weighted by molar-refractivity contribution is 0.475. The summed E-state index contributed by atoms with van der Waals surface area (Å²) in [5.41, 5.74) is 8.21. The molecular weight excluding hydrogens is 302 g/mol. The van der Waals surface area contributed by atoms with Gasteiger partial charge in [0.1, 0.15) is 5.75 Å². The molecule has 3 heterocycles. The van der Waals surface area contributed by atoms with Crippen LogP contribution in [0.3, 0.4) is 0 Å². The van der Waals surface area contributed by atoms with Crippen LogP contribution in [0.4, 0.5) is 11.8 Å². The number of aromatic nitrogens is 2. The van der Waals surface area contributed by atoms with Gasteiger partial charge in [0.2, 0.25) is 5.95 Å². The third-order valence-electron chi connectivity index (χ3n) is 4.59. The van der Waals surface area contributed by atoms with Crippen LogP contribution in [0, 0.1) is 18.8 Å². The first-order valence-electron chi connectivity index (χ1n) is 8.05. The SMILES string of the molecule is Cc1nc(N)nc(N2C[C@@H]3C[C@H]2CN3)c1C#Cc1cccc(O)c1. The largest absolute Gasteiger partial charge is 0.508 e.